The van der Waals surface area contributed by atoms with Gasteiger partial charge in [-0.3, -0.25) is 9.20 Å². The lowest BCUT2D eigenvalue weighted by Crippen LogP contribution is -2.28. The van der Waals surface area contributed by atoms with Gasteiger partial charge < -0.3 is 14.8 Å². The molecule has 0 aliphatic carbocycles. The first-order valence-electron chi connectivity index (χ1n) is 9.16. The van der Waals surface area contributed by atoms with Crippen molar-refractivity contribution in [3.8, 4) is 5.75 Å². The molecule has 2 aromatic heterocycles. The van der Waals surface area contributed by atoms with Gasteiger partial charge in [0.1, 0.15) is 12.4 Å². The molecule has 1 fully saturated rings. The minimum Gasteiger partial charge on any atom is -0.491 e. The van der Waals surface area contributed by atoms with Gasteiger partial charge in [-0.2, -0.15) is 0 Å². The summed E-state index contributed by atoms with van der Waals surface area (Å²) in [6.07, 6.45) is 4.12. The molecule has 1 N–H and O–H groups in total. The van der Waals surface area contributed by atoms with Crippen LogP contribution in [0.2, 0.25) is 0 Å². The van der Waals surface area contributed by atoms with Crippen molar-refractivity contribution >= 4 is 11.6 Å². The fourth-order valence-corrected chi connectivity index (χ4v) is 3.19. The van der Waals surface area contributed by atoms with Gasteiger partial charge in [0.25, 0.3) is 5.91 Å². The Morgan fingerprint density at radius 1 is 1.33 bits per heavy atom. The van der Waals surface area contributed by atoms with Gasteiger partial charge in [0.05, 0.1) is 12.1 Å². The Kier molecular flexibility index (Phi) is 5.02. The number of nitrogens with one attached hydrogen (secondary N) is 1. The quantitative estimate of drug-likeness (QED) is 0.726. The van der Waals surface area contributed by atoms with Gasteiger partial charge in [-0.05, 0) is 50.1 Å². The molecular formula is C20H22N4O3. The first-order valence-corrected chi connectivity index (χ1v) is 9.16. The van der Waals surface area contributed by atoms with Crippen LogP contribution in [0.25, 0.3) is 5.65 Å². The van der Waals surface area contributed by atoms with Crippen molar-refractivity contribution in [2.45, 2.75) is 31.9 Å². The zero-order chi connectivity index (χ0) is 18.6. The van der Waals surface area contributed by atoms with E-state index in [9.17, 15) is 4.79 Å². The van der Waals surface area contributed by atoms with E-state index >= 15 is 0 Å². The SMILES string of the molecule is CC(NC(=O)c1cccc(OCC2CCCO2)c1)c1nnc2ccccn12. The molecule has 7 nitrogen and oxygen atoms in total. The van der Waals surface area contributed by atoms with Crippen molar-refractivity contribution < 1.29 is 14.3 Å². The smallest absolute Gasteiger partial charge is 0.251 e. The number of rotatable bonds is 6. The third kappa shape index (κ3) is 3.93. The highest BCUT2D eigenvalue weighted by Gasteiger charge is 2.18. The first-order chi connectivity index (χ1) is 13.2. The molecule has 7 heteroatoms. The first kappa shape index (κ1) is 17.5. The molecule has 0 radical (unpaired) electrons. The van der Waals surface area contributed by atoms with Gasteiger partial charge in [-0.1, -0.05) is 12.1 Å². The monoisotopic (exact) mass is 366 g/mol. The average molecular weight is 366 g/mol. The molecular weight excluding hydrogens is 344 g/mol. The topological polar surface area (TPSA) is 77.8 Å². The molecule has 0 spiro atoms. The second kappa shape index (κ2) is 7.75. The molecule has 27 heavy (non-hydrogen) atoms. The second-order valence-corrected chi connectivity index (χ2v) is 6.66. The summed E-state index contributed by atoms with van der Waals surface area (Å²) in [5.41, 5.74) is 1.29. The van der Waals surface area contributed by atoms with Crippen LogP contribution in [0.3, 0.4) is 0 Å². The van der Waals surface area contributed by atoms with Crippen LogP contribution in [0.5, 0.6) is 5.75 Å². The molecule has 4 rings (SSSR count). The number of hydrogen-bond donors (Lipinski definition) is 1. The number of aromatic nitrogens is 3. The Morgan fingerprint density at radius 2 is 2.26 bits per heavy atom. The number of carbonyl (C=O) groups is 1. The molecule has 1 saturated heterocycles. The van der Waals surface area contributed by atoms with Gasteiger partial charge in [0, 0.05) is 18.4 Å². The Hall–Kier alpha value is -2.93. The number of hydrogen-bond acceptors (Lipinski definition) is 5. The van der Waals surface area contributed by atoms with E-state index in [1.54, 1.807) is 12.1 Å². The lowest BCUT2D eigenvalue weighted by Gasteiger charge is -2.14. The standard InChI is InChI=1S/C20H22N4O3/c1-14(19-23-22-18-9-2-3-10-24(18)19)21-20(25)15-6-4-7-16(12-15)27-13-17-8-5-11-26-17/h2-4,6-7,9-10,12,14,17H,5,8,11,13H2,1H3,(H,21,25). The van der Waals surface area contributed by atoms with E-state index in [-0.39, 0.29) is 18.1 Å². The number of carbonyl (C=O) groups excluding carboxylic acids is 1. The Morgan fingerprint density at radius 3 is 3.11 bits per heavy atom. The number of pyridine rings is 1. The summed E-state index contributed by atoms with van der Waals surface area (Å²) in [6.45, 7) is 3.19. The van der Waals surface area contributed by atoms with Crippen LogP contribution in [0.4, 0.5) is 0 Å². The molecule has 1 amide bonds. The van der Waals surface area contributed by atoms with Crippen LogP contribution in [-0.4, -0.2) is 39.8 Å². The van der Waals surface area contributed by atoms with E-state index in [0.29, 0.717) is 23.7 Å². The summed E-state index contributed by atoms with van der Waals surface area (Å²) in [6, 6.07) is 12.6. The minimum atomic E-state index is -0.286. The number of nitrogens with zero attached hydrogens (tertiary/aromatic N) is 3. The van der Waals surface area contributed by atoms with Crippen molar-refractivity contribution in [2.24, 2.45) is 0 Å². The van der Waals surface area contributed by atoms with Gasteiger partial charge in [-0.25, -0.2) is 0 Å². The highest BCUT2D eigenvalue weighted by Crippen LogP contribution is 2.18. The molecule has 2 atom stereocenters. The molecule has 3 heterocycles. The van der Waals surface area contributed by atoms with E-state index in [0.717, 1.165) is 25.1 Å². The molecule has 0 saturated carbocycles. The van der Waals surface area contributed by atoms with Crippen LogP contribution in [-0.2, 0) is 4.74 Å². The van der Waals surface area contributed by atoms with Gasteiger partial charge >= 0.3 is 0 Å². The molecule has 1 aliphatic heterocycles. The summed E-state index contributed by atoms with van der Waals surface area (Å²) in [5, 5.41) is 11.3. The zero-order valence-electron chi connectivity index (χ0n) is 15.2. The third-order valence-corrected chi connectivity index (χ3v) is 4.63. The van der Waals surface area contributed by atoms with Crippen molar-refractivity contribution in [3.05, 3.63) is 60.0 Å². The fraction of sp³-hybridized carbons (Fsp3) is 0.350. The summed E-state index contributed by atoms with van der Waals surface area (Å²) >= 11 is 0. The predicted octanol–water partition coefficient (Wildman–Crippen LogP) is 2.78. The lowest BCUT2D eigenvalue weighted by atomic mass is 10.2. The van der Waals surface area contributed by atoms with E-state index < -0.39 is 0 Å². The van der Waals surface area contributed by atoms with Crippen LogP contribution in [0.15, 0.2) is 48.7 Å². The van der Waals surface area contributed by atoms with E-state index in [2.05, 4.69) is 15.5 Å². The second-order valence-electron chi connectivity index (χ2n) is 6.66. The van der Waals surface area contributed by atoms with Crippen molar-refractivity contribution in [3.63, 3.8) is 0 Å². The zero-order valence-corrected chi connectivity index (χ0v) is 15.2. The van der Waals surface area contributed by atoms with Gasteiger partial charge in [-0.15, -0.1) is 10.2 Å². The van der Waals surface area contributed by atoms with Crippen molar-refractivity contribution in [2.75, 3.05) is 13.2 Å². The molecule has 1 aromatic carbocycles. The highest BCUT2D eigenvalue weighted by molar-refractivity contribution is 5.94. The number of benzene rings is 1. The average Bonchev–Trinajstić information content (AvgIpc) is 3.36. The Balaban J connectivity index is 1.42. The summed E-state index contributed by atoms with van der Waals surface area (Å²) in [7, 11) is 0. The van der Waals surface area contributed by atoms with E-state index in [4.69, 9.17) is 9.47 Å². The summed E-state index contributed by atoms with van der Waals surface area (Å²) < 4.78 is 13.2. The molecule has 1 aliphatic rings. The van der Waals surface area contributed by atoms with Gasteiger partial charge in [0.15, 0.2) is 11.5 Å². The maximum Gasteiger partial charge on any atom is 0.251 e. The minimum absolute atomic E-state index is 0.142. The predicted molar refractivity (Wildman–Crippen MR) is 99.8 cm³/mol. The van der Waals surface area contributed by atoms with Crippen LogP contribution < -0.4 is 10.1 Å². The maximum absolute atomic E-state index is 12.7. The number of fused-ring (bicyclic) bond motifs is 1. The number of ether oxygens (including phenoxy) is 2. The molecule has 2 unspecified atom stereocenters. The lowest BCUT2D eigenvalue weighted by molar-refractivity contribution is 0.0679. The molecule has 0 bridgehead atoms. The summed E-state index contributed by atoms with van der Waals surface area (Å²) in [5.74, 6) is 1.17. The molecule has 140 valence electrons. The van der Waals surface area contributed by atoms with E-state index in [1.165, 1.54) is 0 Å². The highest BCUT2D eigenvalue weighted by atomic mass is 16.5. The Bertz CT molecular complexity index is 934. The normalized spacial score (nSPS) is 17.7. The third-order valence-electron chi connectivity index (χ3n) is 4.63. The van der Waals surface area contributed by atoms with Crippen LogP contribution >= 0.6 is 0 Å². The van der Waals surface area contributed by atoms with Gasteiger partial charge in [0.2, 0.25) is 0 Å². The molecule has 3 aromatic rings. The van der Waals surface area contributed by atoms with E-state index in [1.807, 2.05) is 47.9 Å². The Labute approximate surface area is 157 Å². The van der Waals surface area contributed by atoms with Crippen LogP contribution in [0, 0.1) is 0 Å². The number of amides is 1. The summed E-state index contributed by atoms with van der Waals surface area (Å²) in [4.78, 5) is 12.7. The largest absolute Gasteiger partial charge is 0.491 e. The van der Waals surface area contributed by atoms with Crippen molar-refractivity contribution in [1.82, 2.24) is 19.9 Å². The van der Waals surface area contributed by atoms with Crippen LogP contribution in [0.1, 0.15) is 42.0 Å². The fourth-order valence-electron chi connectivity index (χ4n) is 3.19. The maximum atomic E-state index is 12.7. The van der Waals surface area contributed by atoms with Crippen molar-refractivity contribution in [1.29, 1.82) is 0 Å².